The van der Waals surface area contributed by atoms with Gasteiger partial charge in [-0.2, -0.15) is 13.1 Å². The highest BCUT2D eigenvalue weighted by Crippen LogP contribution is 2.06. The number of carbonyl (C=O) groups is 1. The molecule has 0 aliphatic carbocycles. The van der Waals surface area contributed by atoms with Crippen molar-refractivity contribution in [3.8, 4) is 0 Å². The molecular weight excluding hydrogens is 330 g/mol. The first-order valence-electron chi connectivity index (χ1n) is 8.85. The molecular formula is C16H36N3O4S+. The summed E-state index contributed by atoms with van der Waals surface area (Å²) in [5, 5.41) is 8.95. The zero-order chi connectivity index (χ0) is 18.6. The lowest BCUT2D eigenvalue weighted by Crippen LogP contribution is -2.52. The molecule has 144 valence electrons. The summed E-state index contributed by atoms with van der Waals surface area (Å²) < 4.78 is 29.6. The first-order valence-corrected chi connectivity index (χ1v) is 10.3. The number of unbranched alkanes of at least 4 members (excludes halogenated alkanes) is 6. The van der Waals surface area contributed by atoms with Gasteiger partial charge in [0.2, 0.25) is 0 Å². The molecule has 0 saturated heterocycles. The van der Waals surface area contributed by atoms with E-state index in [0.29, 0.717) is 17.6 Å². The van der Waals surface area contributed by atoms with Crippen LogP contribution in [0.25, 0.3) is 0 Å². The minimum absolute atomic E-state index is 0.228. The van der Waals surface area contributed by atoms with E-state index in [0.717, 1.165) is 19.3 Å². The van der Waals surface area contributed by atoms with Crippen LogP contribution in [0.2, 0.25) is 0 Å². The van der Waals surface area contributed by atoms with Gasteiger partial charge in [-0.1, -0.05) is 45.4 Å². The summed E-state index contributed by atoms with van der Waals surface area (Å²) in [6.07, 6.45) is 7.61. The minimum atomic E-state index is -3.67. The molecule has 0 aromatic heterocycles. The van der Waals surface area contributed by atoms with E-state index in [4.69, 9.17) is 5.11 Å². The molecule has 3 N–H and O–H groups in total. The molecule has 8 heteroatoms. The summed E-state index contributed by atoms with van der Waals surface area (Å²) in [7, 11) is 2.02. The van der Waals surface area contributed by atoms with Crippen LogP contribution in [0.15, 0.2) is 0 Å². The van der Waals surface area contributed by atoms with E-state index < -0.39 is 22.2 Å². The van der Waals surface area contributed by atoms with Gasteiger partial charge in [-0.25, -0.2) is 4.72 Å². The van der Waals surface area contributed by atoms with Crippen LogP contribution in [0.5, 0.6) is 0 Å². The molecule has 0 fully saturated rings. The summed E-state index contributed by atoms with van der Waals surface area (Å²) in [5.74, 6) is -1.01. The van der Waals surface area contributed by atoms with Crippen LogP contribution in [0.3, 0.4) is 0 Å². The van der Waals surface area contributed by atoms with Gasteiger partial charge in [0, 0.05) is 6.54 Å². The average molecular weight is 367 g/mol. The molecule has 24 heavy (non-hydrogen) atoms. The lowest BCUT2D eigenvalue weighted by atomic mass is 10.1. The van der Waals surface area contributed by atoms with Gasteiger partial charge in [0.1, 0.15) is 0 Å². The SMILES string of the molecule is CCCCCCCCCNS(=O)(=O)NC(CC(=O)O)C[N+](C)(C)C. The van der Waals surface area contributed by atoms with Crippen molar-refractivity contribution < 1.29 is 22.8 Å². The zero-order valence-electron chi connectivity index (χ0n) is 15.7. The number of hydrogen-bond acceptors (Lipinski definition) is 3. The fourth-order valence-electron chi connectivity index (χ4n) is 2.57. The maximum atomic E-state index is 12.1. The highest BCUT2D eigenvalue weighted by atomic mass is 32.2. The standard InChI is InChI=1S/C16H35N3O4S/c1-5-6-7-8-9-10-11-12-17-24(22,23)18-15(13-16(20)21)14-19(2,3)4/h15,17-18H,5-14H2,1-4H3/p+1. The number of carboxylic acids is 1. The third-order valence-corrected chi connectivity index (χ3v) is 4.81. The number of aliphatic carboxylic acids is 1. The molecule has 0 aromatic carbocycles. The second kappa shape index (κ2) is 11.8. The average Bonchev–Trinajstić information content (AvgIpc) is 2.38. The van der Waals surface area contributed by atoms with Gasteiger partial charge >= 0.3 is 5.97 Å². The van der Waals surface area contributed by atoms with Crippen molar-refractivity contribution in [3.05, 3.63) is 0 Å². The zero-order valence-corrected chi connectivity index (χ0v) is 16.5. The number of hydrogen-bond donors (Lipinski definition) is 3. The molecule has 0 aliphatic rings. The highest BCUT2D eigenvalue weighted by molar-refractivity contribution is 7.87. The maximum absolute atomic E-state index is 12.1. The second-order valence-electron chi connectivity index (χ2n) is 7.40. The summed E-state index contributed by atoms with van der Waals surface area (Å²) >= 11 is 0. The molecule has 0 amide bonds. The van der Waals surface area contributed by atoms with E-state index in [9.17, 15) is 13.2 Å². The molecule has 1 unspecified atom stereocenters. The Hall–Kier alpha value is -0.700. The number of nitrogens with zero attached hydrogens (tertiary/aromatic N) is 1. The van der Waals surface area contributed by atoms with Gasteiger partial charge in [-0.3, -0.25) is 4.79 Å². The number of likely N-dealkylation sites (N-methyl/N-ethyl adjacent to an activating group) is 1. The highest BCUT2D eigenvalue weighted by Gasteiger charge is 2.25. The molecule has 0 saturated carbocycles. The van der Waals surface area contributed by atoms with Gasteiger partial charge in [0.25, 0.3) is 10.2 Å². The third kappa shape index (κ3) is 14.9. The van der Waals surface area contributed by atoms with Crippen LogP contribution in [0.4, 0.5) is 0 Å². The Bertz CT molecular complexity index is 447. The molecule has 0 bridgehead atoms. The molecule has 7 nitrogen and oxygen atoms in total. The molecule has 0 heterocycles. The van der Waals surface area contributed by atoms with Crippen LogP contribution in [0.1, 0.15) is 58.3 Å². The normalized spacial score (nSPS) is 13.8. The van der Waals surface area contributed by atoms with Crippen LogP contribution >= 0.6 is 0 Å². The molecule has 0 aromatic rings. The Morgan fingerprint density at radius 2 is 1.58 bits per heavy atom. The molecule has 1 atom stereocenters. The molecule has 0 radical (unpaired) electrons. The third-order valence-electron chi connectivity index (χ3n) is 3.58. The van der Waals surface area contributed by atoms with Crippen molar-refractivity contribution >= 4 is 16.2 Å². The summed E-state index contributed by atoms with van der Waals surface area (Å²) in [6.45, 7) is 2.97. The van der Waals surface area contributed by atoms with Gasteiger partial charge < -0.3 is 9.59 Å². The number of rotatable bonds is 15. The van der Waals surface area contributed by atoms with Gasteiger partial charge in [0.15, 0.2) is 0 Å². The lowest BCUT2D eigenvalue weighted by molar-refractivity contribution is -0.871. The number of nitrogens with one attached hydrogen (secondary N) is 2. The Morgan fingerprint density at radius 1 is 1.04 bits per heavy atom. The fourth-order valence-corrected chi connectivity index (χ4v) is 3.66. The fraction of sp³-hybridized carbons (Fsp3) is 0.938. The van der Waals surface area contributed by atoms with Gasteiger partial charge in [-0.15, -0.1) is 0 Å². The van der Waals surface area contributed by atoms with Crippen molar-refractivity contribution in [1.29, 1.82) is 0 Å². The van der Waals surface area contributed by atoms with Crippen LogP contribution in [-0.4, -0.2) is 64.3 Å². The van der Waals surface area contributed by atoms with E-state index in [1.807, 2.05) is 21.1 Å². The van der Waals surface area contributed by atoms with E-state index in [-0.39, 0.29) is 6.42 Å². The maximum Gasteiger partial charge on any atom is 0.305 e. The smallest absolute Gasteiger partial charge is 0.305 e. The predicted octanol–water partition coefficient (Wildman–Crippen LogP) is 1.71. The van der Waals surface area contributed by atoms with Crippen molar-refractivity contribution in [2.75, 3.05) is 34.2 Å². The van der Waals surface area contributed by atoms with Gasteiger partial charge in [-0.05, 0) is 6.42 Å². The van der Waals surface area contributed by atoms with Crippen molar-refractivity contribution in [2.45, 2.75) is 64.3 Å². The monoisotopic (exact) mass is 366 g/mol. The first kappa shape index (κ1) is 23.3. The van der Waals surface area contributed by atoms with Crippen LogP contribution in [0, 0.1) is 0 Å². The Labute approximate surface area is 147 Å². The second-order valence-corrected chi connectivity index (χ2v) is 8.94. The topological polar surface area (TPSA) is 95.5 Å². The summed E-state index contributed by atoms with van der Waals surface area (Å²) in [4.78, 5) is 10.9. The first-order chi connectivity index (χ1) is 11.1. The summed E-state index contributed by atoms with van der Waals surface area (Å²) in [5.41, 5.74) is 0. The lowest BCUT2D eigenvalue weighted by Gasteiger charge is -2.28. The van der Waals surface area contributed by atoms with Crippen molar-refractivity contribution in [2.24, 2.45) is 0 Å². The largest absolute Gasteiger partial charge is 0.481 e. The predicted molar refractivity (Wildman–Crippen MR) is 97.0 cm³/mol. The Morgan fingerprint density at radius 3 is 2.08 bits per heavy atom. The van der Waals surface area contributed by atoms with Crippen LogP contribution < -0.4 is 9.44 Å². The molecule has 0 spiro atoms. The Balaban J connectivity index is 4.16. The minimum Gasteiger partial charge on any atom is -0.481 e. The van der Waals surface area contributed by atoms with E-state index in [1.165, 1.54) is 25.7 Å². The summed E-state index contributed by atoms with van der Waals surface area (Å²) in [6, 6.07) is -0.631. The Kier molecular flexibility index (Phi) is 11.4. The van der Waals surface area contributed by atoms with E-state index in [1.54, 1.807) is 0 Å². The number of carboxylic acid groups (broad SMARTS) is 1. The molecule has 0 aliphatic heterocycles. The van der Waals surface area contributed by atoms with E-state index in [2.05, 4.69) is 16.4 Å². The van der Waals surface area contributed by atoms with Crippen molar-refractivity contribution in [1.82, 2.24) is 9.44 Å². The van der Waals surface area contributed by atoms with Gasteiger partial charge in [0.05, 0.1) is 40.2 Å². The van der Waals surface area contributed by atoms with Crippen LogP contribution in [-0.2, 0) is 15.0 Å². The van der Waals surface area contributed by atoms with Crippen molar-refractivity contribution in [3.63, 3.8) is 0 Å². The van der Waals surface area contributed by atoms with E-state index >= 15 is 0 Å². The number of quaternary nitrogens is 1. The molecule has 0 rings (SSSR count). The quantitative estimate of drug-likeness (QED) is 0.304.